The smallest absolute Gasteiger partial charge is 0.233 e. The largest absolute Gasteiger partial charge is 0.368 e. The number of anilines is 4. The van der Waals surface area contributed by atoms with Crippen molar-refractivity contribution in [2.75, 3.05) is 29.0 Å². The van der Waals surface area contributed by atoms with Gasteiger partial charge in [-0.1, -0.05) is 23.2 Å². The van der Waals surface area contributed by atoms with Gasteiger partial charge in [0.25, 0.3) is 0 Å². The number of aromatic nitrogens is 3. The topological polar surface area (TPSA) is 80.0 Å². The van der Waals surface area contributed by atoms with Crippen LogP contribution in [0.2, 0.25) is 10.0 Å². The number of nitrogens with two attached hydrogens (primary N) is 1. The highest BCUT2D eigenvalue weighted by molar-refractivity contribution is 6.36. The second kappa shape index (κ2) is 6.78. The molecule has 0 atom stereocenters. The van der Waals surface area contributed by atoms with E-state index in [2.05, 4.69) is 20.3 Å². The molecule has 0 saturated carbocycles. The Morgan fingerprint density at radius 3 is 2.48 bits per heavy atom. The van der Waals surface area contributed by atoms with Gasteiger partial charge in [-0.25, -0.2) is 0 Å². The maximum atomic E-state index is 6.12. The minimum atomic E-state index is 0.152. The number of benzene rings is 1. The molecular weight excluding hydrogens is 311 g/mol. The fourth-order valence-corrected chi connectivity index (χ4v) is 2.25. The summed E-state index contributed by atoms with van der Waals surface area (Å²) >= 11 is 12.0. The van der Waals surface area contributed by atoms with E-state index in [-0.39, 0.29) is 5.95 Å². The Morgan fingerprint density at radius 2 is 1.86 bits per heavy atom. The molecular formula is C13H16Cl2N6. The van der Waals surface area contributed by atoms with Crippen molar-refractivity contribution < 1.29 is 0 Å². The number of halogens is 2. The molecule has 1 heterocycles. The molecule has 0 aliphatic rings. The highest BCUT2D eigenvalue weighted by atomic mass is 35.5. The van der Waals surface area contributed by atoms with Crippen LogP contribution in [0.5, 0.6) is 0 Å². The maximum absolute atomic E-state index is 6.12. The van der Waals surface area contributed by atoms with E-state index in [1.54, 1.807) is 18.2 Å². The Kier molecular flexibility index (Phi) is 5.03. The van der Waals surface area contributed by atoms with Gasteiger partial charge >= 0.3 is 0 Å². The Balaban J connectivity index is 2.31. The fourth-order valence-electron chi connectivity index (χ4n) is 1.80. The van der Waals surface area contributed by atoms with Gasteiger partial charge in [0.2, 0.25) is 17.8 Å². The van der Waals surface area contributed by atoms with Crippen LogP contribution in [0.4, 0.5) is 23.5 Å². The zero-order chi connectivity index (χ0) is 15.4. The molecule has 3 N–H and O–H groups in total. The first-order valence-corrected chi connectivity index (χ1v) is 7.27. The van der Waals surface area contributed by atoms with Crippen molar-refractivity contribution in [3.8, 4) is 0 Å². The molecule has 0 fully saturated rings. The molecule has 0 unspecified atom stereocenters. The summed E-state index contributed by atoms with van der Waals surface area (Å²) in [4.78, 5) is 14.5. The van der Waals surface area contributed by atoms with E-state index in [1.165, 1.54) is 0 Å². The van der Waals surface area contributed by atoms with Crippen LogP contribution in [0, 0.1) is 0 Å². The number of nitrogen functional groups attached to an aromatic ring is 1. The van der Waals surface area contributed by atoms with Crippen LogP contribution >= 0.6 is 23.2 Å². The lowest BCUT2D eigenvalue weighted by Gasteiger charge is -2.19. The molecule has 0 saturated heterocycles. The summed E-state index contributed by atoms with van der Waals surface area (Å²) in [6.07, 6.45) is 0. The standard InChI is InChI=1S/C13H16Cl2N6/c1-3-21(4-2)13-19-11(16)18-12(20-13)17-10-6-5-8(14)7-9(10)15/h5-7H,3-4H2,1-2H3,(H3,16,17,18,19,20). The summed E-state index contributed by atoms with van der Waals surface area (Å²) in [6.45, 7) is 5.60. The molecule has 0 aliphatic heterocycles. The molecule has 112 valence electrons. The monoisotopic (exact) mass is 326 g/mol. The normalized spacial score (nSPS) is 10.5. The zero-order valence-corrected chi connectivity index (χ0v) is 13.3. The van der Waals surface area contributed by atoms with Crippen molar-refractivity contribution in [3.63, 3.8) is 0 Å². The van der Waals surface area contributed by atoms with E-state index < -0.39 is 0 Å². The van der Waals surface area contributed by atoms with Crippen molar-refractivity contribution in [1.29, 1.82) is 0 Å². The lowest BCUT2D eigenvalue weighted by molar-refractivity contribution is 0.816. The highest BCUT2D eigenvalue weighted by Crippen LogP contribution is 2.27. The van der Waals surface area contributed by atoms with Gasteiger partial charge < -0.3 is 16.0 Å². The van der Waals surface area contributed by atoms with Gasteiger partial charge in [-0.15, -0.1) is 0 Å². The first kappa shape index (κ1) is 15.6. The van der Waals surface area contributed by atoms with E-state index in [9.17, 15) is 0 Å². The number of hydrogen-bond acceptors (Lipinski definition) is 6. The van der Waals surface area contributed by atoms with Gasteiger partial charge in [-0.05, 0) is 32.0 Å². The molecule has 0 amide bonds. The van der Waals surface area contributed by atoms with Crippen molar-refractivity contribution in [3.05, 3.63) is 28.2 Å². The van der Waals surface area contributed by atoms with Gasteiger partial charge in [0.15, 0.2) is 0 Å². The second-order valence-electron chi connectivity index (χ2n) is 4.24. The summed E-state index contributed by atoms with van der Waals surface area (Å²) in [5.74, 6) is 1.02. The summed E-state index contributed by atoms with van der Waals surface area (Å²) in [5, 5.41) is 4.06. The summed E-state index contributed by atoms with van der Waals surface area (Å²) in [6, 6.07) is 5.12. The van der Waals surface area contributed by atoms with E-state index in [4.69, 9.17) is 28.9 Å². The fraction of sp³-hybridized carbons (Fsp3) is 0.308. The summed E-state index contributed by atoms with van der Waals surface area (Å²) in [7, 11) is 0. The van der Waals surface area contributed by atoms with Crippen LogP contribution in [0.15, 0.2) is 18.2 Å². The zero-order valence-electron chi connectivity index (χ0n) is 11.8. The molecule has 8 heteroatoms. The molecule has 0 radical (unpaired) electrons. The van der Waals surface area contributed by atoms with Gasteiger partial charge in [0, 0.05) is 18.1 Å². The average Bonchev–Trinajstić information content (AvgIpc) is 2.43. The van der Waals surface area contributed by atoms with Crippen molar-refractivity contribution in [1.82, 2.24) is 15.0 Å². The Hall–Kier alpha value is -1.79. The van der Waals surface area contributed by atoms with Crippen molar-refractivity contribution >= 4 is 46.7 Å². The first-order chi connectivity index (χ1) is 10.0. The molecule has 1 aromatic carbocycles. The van der Waals surface area contributed by atoms with Crippen LogP contribution in [0.25, 0.3) is 0 Å². The molecule has 2 rings (SSSR count). The quantitative estimate of drug-likeness (QED) is 0.877. The van der Waals surface area contributed by atoms with Crippen LogP contribution in [0.3, 0.4) is 0 Å². The third-order valence-corrected chi connectivity index (χ3v) is 3.41. The Labute approximate surface area is 133 Å². The molecule has 0 bridgehead atoms. The Bertz CT molecular complexity index is 630. The van der Waals surface area contributed by atoms with Gasteiger partial charge in [0.1, 0.15) is 0 Å². The van der Waals surface area contributed by atoms with Gasteiger partial charge in [0.05, 0.1) is 10.7 Å². The highest BCUT2D eigenvalue weighted by Gasteiger charge is 2.11. The summed E-state index contributed by atoms with van der Waals surface area (Å²) < 4.78 is 0. The Morgan fingerprint density at radius 1 is 1.14 bits per heavy atom. The number of nitrogens with zero attached hydrogens (tertiary/aromatic N) is 4. The minimum absolute atomic E-state index is 0.152. The van der Waals surface area contributed by atoms with Crippen LogP contribution in [0.1, 0.15) is 13.8 Å². The molecule has 0 spiro atoms. The lowest BCUT2D eigenvalue weighted by atomic mass is 10.3. The SMILES string of the molecule is CCN(CC)c1nc(N)nc(Nc2ccc(Cl)cc2Cl)n1. The first-order valence-electron chi connectivity index (χ1n) is 6.52. The summed E-state index contributed by atoms with van der Waals surface area (Å²) in [5.41, 5.74) is 6.39. The van der Waals surface area contributed by atoms with Crippen molar-refractivity contribution in [2.45, 2.75) is 13.8 Å². The van der Waals surface area contributed by atoms with E-state index in [0.717, 1.165) is 13.1 Å². The second-order valence-corrected chi connectivity index (χ2v) is 5.08. The average molecular weight is 327 g/mol. The molecule has 6 nitrogen and oxygen atoms in total. The third kappa shape index (κ3) is 3.86. The van der Waals surface area contributed by atoms with Crippen molar-refractivity contribution in [2.24, 2.45) is 0 Å². The lowest BCUT2D eigenvalue weighted by Crippen LogP contribution is -2.25. The molecule has 1 aromatic heterocycles. The number of nitrogens with one attached hydrogen (secondary N) is 1. The third-order valence-electron chi connectivity index (χ3n) is 2.86. The van der Waals surface area contributed by atoms with Gasteiger partial charge in [-0.2, -0.15) is 15.0 Å². The van der Waals surface area contributed by atoms with Crippen LogP contribution < -0.4 is 16.0 Å². The predicted molar refractivity (Wildman–Crippen MR) is 87.5 cm³/mol. The van der Waals surface area contributed by atoms with E-state index in [1.807, 2.05) is 18.7 Å². The number of hydrogen-bond donors (Lipinski definition) is 2. The van der Waals surface area contributed by atoms with E-state index in [0.29, 0.717) is 27.6 Å². The molecule has 0 aliphatic carbocycles. The minimum Gasteiger partial charge on any atom is -0.368 e. The molecule has 21 heavy (non-hydrogen) atoms. The maximum Gasteiger partial charge on any atom is 0.233 e. The molecule has 2 aromatic rings. The number of rotatable bonds is 5. The van der Waals surface area contributed by atoms with E-state index >= 15 is 0 Å². The van der Waals surface area contributed by atoms with Crippen LogP contribution in [-0.4, -0.2) is 28.0 Å². The predicted octanol–water partition coefficient (Wildman–Crippen LogP) is 3.35. The van der Waals surface area contributed by atoms with Crippen LogP contribution in [-0.2, 0) is 0 Å². The van der Waals surface area contributed by atoms with Gasteiger partial charge in [-0.3, -0.25) is 0 Å².